The van der Waals surface area contributed by atoms with Crippen molar-refractivity contribution in [2.24, 2.45) is 5.92 Å². The third-order valence-electron chi connectivity index (χ3n) is 5.30. The van der Waals surface area contributed by atoms with Gasteiger partial charge in [0.2, 0.25) is 11.9 Å². The number of nitrogens with one attached hydrogen (secondary N) is 1. The lowest BCUT2D eigenvalue weighted by Crippen LogP contribution is -2.41. The van der Waals surface area contributed by atoms with E-state index in [1.165, 1.54) is 0 Å². The first kappa shape index (κ1) is 18.1. The first-order valence-corrected chi connectivity index (χ1v) is 9.41. The predicted octanol–water partition coefficient (Wildman–Crippen LogP) is 2.39. The highest BCUT2D eigenvalue weighted by molar-refractivity contribution is 5.76. The zero-order valence-corrected chi connectivity index (χ0v) is 15.7. The van der Waals surface area contributed by atoms with E-state index in [4.69, 9.17) is 4.74 Å². The Labute approximate surface area is 150 Å². The van der Waals surface area contributed by atoms with Gasteiger partial charge in [0.25, 0.3) is 0 Å². The molecular formula is C19H30N4O2. The van der Waals surface area contributed by atoms with E-state index in [0.717, 1.165) is 62.7 Å². The molecule has 1 N–H and O–H groups in total. The molecule has 0 radical (unpaired) electrons. The van der Waals surface area contributed by atoms with Crippen LogP contribution in [-0.2, 0) is 9.53 Å². The van der Waals surface area contributed by atoms with Gasteiger partial charge in [0, 0.05) is 44.0 Å². The number of ether oxygens (including phenoxy) is 1. The monoisotopic (exact) mass is 346 g/mol. The van der Waals surface area contributed by atoms with E-state index >= 15 is 0 Å². The Balaban J connectivity index is 1.43. The minimum Gasteiger partial charge on any atom is -0.373 e. The Bertz CT molecular complexity index is 585. The fourth-order valence-corrected chi connectivity index (χ4v) is 3.78. The first-order valence-electron chi connectivity index (χ1n) is 9.41. The SMILES string of the molecule is Cc1cc(C)nc(N2CCC(CC(=O)NC[C@@]3(C)CCCO3)CC2)n1. The van der Waals surface area contributed by atoms with Crippen LogP contribution < -0.4 is 10.2 Å². The second-order valence-corrected chi connectivity index (χ2v) is 7.76. The number of carbonyl (C=O) groups excluding carboxylic acids is 1. The molecule has 138 valence electrons. The number of anilines is 1. The molecule has 0 aliphatic carbocycles. The van der Waals surface area contributed by atoms with Crippen LogP contribution in [0, 0.1) is 19.8 Å². The molecular weight excluding hydrogens is 316 g/mol. The summed E-state index contributed by atoms with van der Waals surface area (Å²) in [5.41, 5.74) is 1.85. The number of aryl methyl sites for hydroxylation is 2. The highest BCUT2D eigenvalue weighted by Gasteiger charge is 2.30. The number of hydrogen-bond donors (Lipinski definition) is 1. The molecule has 2 aliphatic heterocycles. The van der Waals surface area contributed by atoms with Crippen molar-refractivity contribution in [2.75, 3.05) is 31.1 Å². The van der Waals surface area contributed by atoms with E-state index < -0.39 is 0 Å². The average Bonchev–Trinajstić information content (AvgIpc) is 3.00. The highest BCUT2D eigenvalue weighted by atomic mass is 16.5. The predicted molar refractivity (Wildman–Crippen MR) is 97.7 cm³/mol. The molecule has 2 aliphatic rings. The smallest absolute Gasteiger partial charge is 0.225 e. The molecule has 0 aromatic carbocycles. The summed E-state index contributed by atoms with van der Waals surface area (Å²) in [6.45, 7) is 9.37. The van der Waals surface area contributed by atoms with Crippen molar-refractivity contribution in [2.45, 2.75) is 58.5 Å². The van der Waals surface area contributed by atoms with Crippen LogP contribution >= 0.6 is 0 Å². The summed E-state index contributed by atoms with van der Waals surface area (Å²) >= 11 is 0. The lowest BCUT2D eigenvalue weighted by molar-refractivity contribution is -0.123. The maximum absolute atomic E-state index is 12.2. The maximum atomic E-state index is 12.2. The van der Waals surface area contributed by atoms with Gasteiger partial charge in [0.05, 0.1) is 5.60 Å². The van der Waals surface area contributed by atoms with Crippen LogP contribution in [0.5, 0.6) is 0 Å². The topological polar surface area (TPSA) is 67.4 Å². The van der Waals surface area contributed by atoms with Crippen LogP contribution in [-0.4, -0.2) is 47.7 Å². The van der Waals surface area contributed by atoms with Crippen molar-refractivity contribution in [1.29, 1.82) is 0 Å². The fraction of sp³-hybridized carbons (Fsp3) is 0.737. The second-order valence-electron chi connectivity index (χ2n) is 7.76. The van der Waals surface area contributed by atoms with E-state index in [9.17, 15) is 4.79 Å². The molecule has 2 saturated heterocycles. The zero-order chi connectivity index (χ0) is 17.9. The molecule has 0 bridgehead atoms. The van der Waals surface area contributed by atoms with Gasteiger partial charge in [-0.25, -0.2) is 9.97 Å². The quantitative estimate of drug-likeness (QED) is 0.887. The third kappa shape index (κ3) is 4.91. The van der Waals surface area contributed by atoms with Gasteiger partial charge in [-0.1, -0.05) is 0 Å². The molecule has 1 atom stereocenters. The van der Waals surface area contributed by atoms with Gasteiger partial charge >= 0.3 is 0 Å². The Kier molecular flexibility index (Phi) is 5.57. The molecule has 1 aromatic rings. The van der Waals surface area contributed by atoms with Gasteiger partial charge in [-0.05, 0) is 58.4 Å². The Morgan fingerprint density at radius 2 is 2.00 bits per heavy atom. The Morgan fingerprint density at radius 3 is 2.60 bits per heavy atom. The Morgan fingerprint density at radius 1 is 1.32 bits per heavy atom. The normalized spacial score (nSPS) is 24.5. The molecule has 3 heterocycles. The summed E-state index contributed by atoms with van der Waals surface area (Å²) in [7, 11) is 0. The van der Waals surface area contributed by atoms with E-state index in [1.807, 2.05) is 19.9 Å². The molecule has 25 heavy (non-hydrogen) atoms. The summed E-state index contributed by atoms with van der Waals surface area (Å²) in [5.74, 6) is 1.42. The first-order chi connectivity index (χ1) is 11.9. The molecule has 3 rings (SSSR count). The summed E-state index contributed by atoms with van der Waals surface area (Å²) < 4.78 is 5.73. The van der Waals surface area contributed by atoms with E-state index in [1.54, 1.807) is 0 Å². The summed E-state index contributed by atoms with van der Waals surface area (Å²) in [5, 5.41) is 3.07. The molecule has 1 aromatic heterocycles. The fourth-order valence-electron chi connectivity index (χ4n) is 3.78. The summed E-state index contributed by atoms with van der Waals surface area (Å²) in [4.78, 5) is 23.6. The number of piperidine rings is 1. The van der Waals surface area contributed by atoms with Crippen LogP contribution in [0.1, 0.15) is 50.4 Å². The van der Waals surface area contributed by atoms with Crippen molar-refractivity contribution < 1.29 is 9.53 Å². The zero-order valence-electron chi connectivity index (χ0n) is 15.7. The maximum Gasteiger partial charge on any atom is 0.225 e. The van der Waals surface area contributed by atoms with Crippen LogP contribution in [0.15, 0.2) is 6.07 Å². The number of nitrogens with zero attached hydrogens (tertiary/aromatic N) is 3. The standard InChI is InChI=1S/C19H30N4O2/c1-14-11-15(2)22-18(21-14)23-8-5-16(6-9-23)12-17(24)20-13-19(3)7-4-10-25-19/h11,16H,4-10,12-13H2,1-3H3,(H,20,24)/t19-/m1/s1. The van der Waals surface area contributed by atoms with Crippen molar-refractivity contribution in [3.05, 3.63) is 17.5 Å². The van der Waals surface area contributed by atoms with Gasteiger partial charge in [-0.15, -0.1) is 0 Å². The number of hydrogen-bond acceptors (Lipinski definition) is 5. The summed E-state index contributed by atoms with van der Waals surface area (Å²) in [6, 6.07) is 2.00. The third-order valence-corrected chi connectivity index (χ3v) is 5.30. The van der Waals surface area contributed by atoms with Crippen molar-refractivity contribution >= 4 is 11.9 Å². The van der Waals surface area contributed by atoms with E-state index in [-0.39, 0.29) is 11.5 Å². The molecule has 0 spiro atoms. The minimum absolute atomic E-state index is 0.151. The second kappa shape index (κ2) is 7.68. The molecule has 6 heteroatoms. The van der Waals surface area contributed by atoms with Gasteiger partial charge in [-0.2, -0.15) is 0 Å². The van der Waals surface area contributed by atoms with Crippen molar-refractivity contribution in [3.8, 4) is 0 Å². The number of aromatic nitrogens is 2. The van der Waals surface area contributed by atoms with Crippen molar-refractivity contribution in [3.63, 3.8) is 0 Å². The van der Waals surface area contributed by atoms with Gasteiger partial charge < -0.3 is 15.0 Å². The molecule has 6 nitrogen and oxygen atoms in total. The van der Waals surface area contributed by atoms with Gasteiger partial charge in [0.15, 0.2) is 0 Å². The lowest BCUT2D eigenvalue weighted by atomic mass is 9.93. The Hall–Kier alpha value is -1.69. The van der Waals surface area contributed by atoms with E-state index in [2.05, 4.69) is 27.1 Å². The van der Waals surface area contributed by atoms with Crippen molar-refractivity contribution in [1.82, 2.24) is 15.3 Å². The van der Waals surface area contributed by atoms with Gasteiger partial charge in [-0.3, -0.25) is 4.79 Å². The highest BCUT2D eigenvalue weighted by Crippen LogP contribution is 2.25. The molecule has 1 amide bonds. The number of amides is 1. The van der Waals surface area contributed by atoms with Crippen LogP contribution in [0.4, 0.5) is 5.95 Å². The van der Waals surface area contributed by atoms with E-state index in [0.29, 0.717) is 18.9 Å². The molecule has 0 saturated carbocycles. The summed E-state index contributed by atoms with van der Waals surface area (Å²) in [6.07, 6.45) is 4.75. The number of carbonyl (C=O) groups is 1. The largest absolute Gasteiger partial charge is 0.373 e. The lowest BCUT2D eigenvalue weighted by Gasteiger charge is -2.32. The van der Waals surface area contributed by atoms with Crippen LogP contribution in [0.3, 0.4) is 0 Å². The van der Waals surface area contributed by atoms with Crippen LogP contribution in [0.2, 0.25) is 0 Å². The minimum atomic E-state index is -0.167. The van der Waals surface area contributed by atoms with Gasteiger partial charge in [0.1, 0.15) is 0 Å². The molecule has 2 fully saturated rings. The van der Waals surface area contributed by atoms with Crippen LogP contribution in [0.25, 0.3) is 0 Å². The molecule has 0 unspecified atom stereocenters. The number of rotatable bonds is 5. The average molecular weight is 346 g/mol.